The lowest BCUT2D eigenvalue weighted by atomic mass is 10.0. The fourth-order valence-corrected chi connectivity index (χ4v) is 3.29. The normalized spacial score (nSPS) is 13.3. The number of hydrogen-bond acceptors (Lipinski definition) is 5. The quantitative estimate of drug-likeness (QED) is 0.589. The number of rotatable bonds is 4. The average Bonchev–Trinajstić information content (AvgIpc) is 3.46. The fraction of sp³-hybridized carbons (Fsp3) is 0.0455. The number of aliphatic imine (C=N–C) groups is 1. The molecule has 0 radical (unpaired) electrons. The molecule has 0 saturated carbocycles. The van der Waals surface area contributed by atoms with Crippen molar-refractivity contribution in [1.29, 1.82) is 0 Å². The van der Waals surface area contributed by atoms with Gasteiger partial charge in [0.15, 0.2) is 0 Å². The van der Waals surface area contributed by atoms with E-state index in [0.717, 1.165) is 51.5 Å². The van der Waals surface area contributed by atoms with E-state index in [1.807, 2.05) is 12.1 Å². The van der Waals surface area contributed by atoms with E-state index in [-0.39, 0.29) is 0 Å². The van der Waals surface area contributed by atoms with E-state index in [1.165, 1.54) is 0 Å². The molecule has 3 aromatic heterocycles. The van der Waals surface area contributed by atoms with Gasteiger partial charge in [-0.15, -0.1) is 0 Å². The highest BCUT2D eigenvalue weighted by Crippen LogP contribution is 2.28. The van der Waals surface area contributed by atoms with Gasteiger partial charge in [0.25, 0.3) is 0 Å². The topological polar surface area (TPSA) is 79.7 Å². The highest BCUT2D eigenvalue weighted by Gasteiger charge is 2.13. The standard InChI is InChI=1S/C22H16N6/c1-2-15(19-4-6-21(27-19)17-8-10-23-25-13-17)12-16(3-1)20-5-7-22(28-20)18-9-11-24-26-14-18/h1-4,6-14,27H,5H2. The van der Waals surface area contributed by atoms with Crippen molar-refractivity contribution >= 4 is 11.4 Å². The van der Waals surface area contributed by atoms with Gasteiger partial charge in [-0.3, -0.25) is 4.99 Å². The Hall–Kier alpha value is -3.93. The predicted octanol–water partition coefficient (Wildman–Crippen LogP) is 4.16. The van der Waals surface area contributed by atoms with Crippen LogP contribution in [0, 0.1) is 0 Å². The van der Waals surface area contributed by atoms with E-state index in [1.54, 1.807) is 24.8 Å². The van der Waals surface area contributed by atoms with Crippen LogP contribution in [0.3, 0.4) is 0 Å². The first-order valence-electron chi connectivity index (χ1n) is 8.98. The van der Waals surface area contributed by atoms with Gasteiger partial charge in [0.05, 0.1) is 36.2 Å². The highest BCUT2D eigenvalue weighted by molar-refractivity contribution is 6.07. The maximum Gasteiger partial charge on any atom is 0.0686 e. The summed E-state index contributed by atoms with van der Waals surface area (Å²) in [7, 11) is 0. The van der Waals surface area contributed by atoms with Crippen LogP contribution < -0.4 is 0 Å². The van der Waals surface area contributed by atoms with E-state index in [4.69, 9.17) is 4.99 Å². The third-order valence-electron chi connectivity index (χ3n) is 4.71. The molecule has 0 bridgehead atoms. The molecule has 1 N–H and O–H groups in total. The maximum absolute atomic E-state index is 4.80. The van der Waals surface area contributed by atoms with Crippen LogP contribution in [0.25, 0.3) is 28.2 Å². The van der Waals surface area contributed by atoms with Crippen molar-refractivity contribution in [1.82, 2.24) is 25.4 Å². The van der Waals surface area contributed by atoms with Gasteiger partial charge in [-0.1, -0.05) is 24.3 Å². The number of nitrogens with one attached hydrogen (secondary N) is 1. The van der Waals surface area contributed by atoms with Gasteiger partial charge in [-0.05, 0) is 41.5 Å². The molecular weight excluding hydrogens is 348 g/mol. The second-order valence-corrected chi connectivity index (χ2v) is 6.48. The van der Waals surface area contributed by atoms with Gasteiger partial charge < -0.3 is 4.98 Å². The zero-order valence-corrected chi connectivity index (χ0v) is 14.9. The molecule has 0 atom stereocenters. The first-order valence-corrected chi connectivity index (χ1v) is 8.98. The van der Waals surface area contributed by atoms with Crippen molar-refractivity contribution in [3.8, 4) is 22.5 Å². The minimum Gasteiger partial charge on any atom is -0.354 e. The Morgan fingerprint density at radius 1 is 0.679 bits per heavy atom. The Labute approximate surface area is 161 Å². The molecule has 0 aliphatic carbocycles. The summed E-state index contributed by atoms with van der Waals surface area (Å²) >= 11 is 0. The predicted molar refractivity (Wildman–Crippen MR) is 108 cm³/mol. The Kier molecular flexibility index (Phi) is 4.06. The van der Waals surface area contributed by atoms with Gasteiger partial charge in [0.2, 0.25) is 0 Å². The zero-order valence-electron chi connectivity index (χ0n) is 14.9. The molecule has 134 valence electrons. The number of nitrogens with zero attached hydrogens (tertiary/aromatic N) is 5. The number of aromatic amines is 1. The average molecular weight is 364 g/mol. The molecule has 0 fully saturated rings. The Balaban J connectivity index is 1.43. The Bertz CT molecular complexity index is 1180. The van der Waals surface area contributed by atoms with Crippen molar-refractivity contribution in [2.75, 3.05) is 0 Å². The number of benzene rings is 1. The molecule has 5 rings (SSSR count). The summed E-state index contributed by atoms with van der Waals surface area (Å²) < 4.78 is 0. The van der Waals surface area contributed by atoms with Crippen molar-refractivity contribution in [2.24, 2.45) is 4.99 Å². The third kappa shape index (κ3) is 3.12. The minimum atomic E-state index is 0.805. The van der Waals surface area contributed by atoms with Crippen molar-refractivity contribution in [3.63, 3.8) is 0 Å². The summed E-state index contributed by atoms with van der Waals surface area (Å²) in [4.78, 5) is 8.26. The van der Waals surface area contributed by atoms with Gasteiger partial charge in [0.1, 0.15) is 0 Å². The van der Waals surface area contributed by atoms with Crippen molar-refractivity contribution in [2.45, 2.75) is 6.42 Å². The summed E-state index contributed by atoms with van der Waals surface area (Å²) in [6, 6.07) is 16.4. The van der Waals surface area contributed by atoms with Gasteiger partial charge in [-0.2, -0.15) is 20.4 Å². The molecular formula is C22H16N6. The second-order valence-electron chi connectivity index (χ2n) is 6.48. The van der Waals surface area contributed by atoms with Gasteiger partial charge in [-0.25, -0.2) is 0 Å². The molecule has 4 heterocycles. The van der Waals surface area contributed by atoms with Crippen LogP contribution in [0.5, 0.6) is 0 Å². The van der Waals surface area contributed by atoms with E-state index in [2.05, 4.69) is 67.9 Å². The number of hydrogen-bond donors (Lipinski definition) is 1. The van der Waals surface area contributed by atoms with E-state index in [0.29, 0.717) is 0 Å². The highest BCUT2D eigenvalue weighted by atomic mass is 15.1. The summed E-state index contributed by atoms with van der Waals surface area (Å²) in [5, 5.41) is 15.5. The summed E-state index contributed by atoms with van der Waals surface area (Å²) in [6.07, 6.45) is 9.80. The van der Waals surface area contributed by atoms with Crippen LogP contribution in [0.15, 0.2) is 84.4 Å². The first-order chi connectivity index (χ1) is 13.9. The minimum absolute atomic E-state index is 0.805. The van der Waals surface area contributed by atoms with E-state index < -0.39 is 0 Å². The molecule has 6 nitrogen and oxygen atoms in total. The van der Waals surface area contributed by atoms with Crippen LogP contribution in [0.4, 0.5) is 0 Å². The summed E-state index contributed by atoms with van der Waals surface area (Å²) in [5.74, 6) is 0. The molecule has 0 amide bonds. The lowest BCUT2D eigenvalue weighted by Crippen LogP contribution is -1.96. The Morgan fingerprint density at radius 2 is 1.39 bits per heavy atom. The smallest absolute Gasteiger partial charge is 0.0686 e. The zero-order chi connectivity index (χ0) is 18.8. The monoisotopic (exact) mass is 364 g/mol. The second kappa shape index (κ2) is 7.00. The maximum atomic E-state index is 4.80. The van der Waals surface area contributed by atoms with Crippen molar-refractivity contribution in [3.05, 3.63) is 90.5 Å². The van der Waals surface area contributed by atoms with Crippen molar-refractivity contribution < 1.29 is 0 Å². The molecule has 1 aliphatic heterocycles. The molecule has 1 aromatic carbocycles. The van der Waals surface area contributed by atoms with Gasteiger partial charge in [0, 0.05) is 28.9 Å². The molecule has 0 unspecified atom stereocenters. The number of H-pyrrole nitrogens is 1. The SMILES string of the molecule is C1=C(c2ccnnc2)N=C(c2cccc(-c3ccc(-c4ccnnc4)[nH]3)c2)C1. The fourth-order valence-electron chi connectivity index (χ4n) is 3.29. The first kappa shape index (κ1) is 16.3. The van der Waals surface area contributed by atoms with Crippen LogP contribution in [-0.2, 0) is 0 Å². The Morgan fingerprint density at radius 3 is 2.14 bits per heavy atom. The molecule has 4 aromatic rings. The lowest BCUT2D eigenvalue weighted by Gasteiger charge is -2.05. The van der Waals surface area contributed by atoms with E-state index in [9.17, 15) is 0 Å². The lowest BCUT2D eigenvalue weighted by molar-refractivity contribution is 1.02. The van der Waals surface area contributed by atoms with Crippen LogP contribution in [-0.4, -0.2) is 31.1 Å². The molecule has 0 saturated heterocycles. The number of aromatic nitrogens is 5. The van der Waals surface area contributed by atoms with Crippen LogP contribution in [0.1, 0.15) is 17.5 Å². The third-order valence-corrected chi connectivity index (χ3v) is 4.71. The van der Waals surface area contributed by atoms with Crippen LogP contribution in [0.2, 0.25) is 0 Å². The van der Waals surface area contributed by atoms with Gasteiger partial charge >= 0.3 is 0 Å². The molecule has 0 spiro atoms. The molecule has 1 aliphatic rings. The largest absolute Gasteiger partial charge is 0.354 e. The number of allylic oxidation sites excluding steroid dienone is 1. The van der Waals surface area contributed by atoms with Crippen LogP contribution >= 0.6 is 0 Å². The summed E-state index contributed by atoms with van der Waals surface area (Å²) in [6.45, 7) is 0. The molecule has 28 heavy (non-hydrogen) atoms. The van der Waals surface area contributed by atoms with E-state index >= 15 is 0 Å². The molecule has 6 heteroatoms. The summed E-state index contributed by atoms with van der Waals surface area (Å²) in [5.41, 5.74) is 8.31.